The fourth-order valence-electron chi connectivity index (χ4n) is 2.43. The molecule has 1 aliphatic heterocycles. The summed E-state index contributed by atoms with van der Waals surface area (Å²) >= 11 is 0. The number of hydrogen-bond donors (Lipinski definition) is 3. The van der Waals surface area contributed by atoms with Gasteiger partial charge in [-0.3, -0.25) is 4.79 Å². The van der Waals surface area contributed by atoms with Crippen molar-refractivity contribution >= 4 is 5.91 Å². The Morgan fingerprint density at radius 1 is 1.35 bits per heavy atom. The zero-order chi connectivity index (χ0) is 14.4. The molecule has 1 aromatic rings. The Morgan fingerprint density at radius 2 is 2.00 bits per heavy atom. The minimum Gasteiger partial charge on any atom is -0.387 e. The third-order valence-electron chi connectivity index (χ3n) is 3.68. The second-order valence-electron chi connectivity index (χ2n) is 5.27. The van der Waals surface area contributed by atoms with Crippen molar-refractivity contribution in [1.29, 1.82) is 0 Å². The number of halogens is 1. The molecule has 1 aliphatic rings. The molecule has 0 aromatic heterocycles. The van der Waals surface area contributed by atoms with E-state index in [1.165, 1.54) is 24.3 Å². The molecule has 1 unspecified atom stereocenters. The largest absolute Gasteiger partial charge is 0.387 e. The Balaban J connectivity index is 1.73. The van der Waals surface area contributed by atoms with Gasteiger partial charge in [0.05, 0.1) is 6.10 Å². The number of nitrogens with one attached hydrogen (secondary N) is 2. The summed E-state index contributed by atoms with van der Waals surface area (Å²) in [7, 11) is 0. The summed E-state index contributed by atoms with van der Waals surface area (Å²) in [6.07, 6.45) is 1.76. The van der Waals surface area contributed by atoms with Crippen molar-refractivity contribution in [2.45, 2.75) is 25.4 Å². The topological polar surface area (TPSA) is 61.4 Å². The minimum absolute atomic E-state index is 0.0296. The number of aliphatic hydroxyl groups is 1. The Kier molecular flexibility index (Phi) is 5.49. The fourth-order valence-corrected chi connectivity index (χ4v) is 2.43. The number of benzene rings is 1. The average molecular weight is 280 g/mol. The first-order valence-corrected chi connectivity index (χ1v) is 7.06. The van der Waals surface area contributed by atoms with Crippen molar-refractivity contribution in [3.63, 3.8) is 0 Å². The fraction of sp³-hybridized carbons (Fsp3) is 0.533. The van der Waals surface area contributed by atoms with E-state index in [0.29, 0.717) is 17.9 Å². The van der Waals surface area contributed by atoms with Crippen molar-refractivity contribution < 1.29 is 14.3 Å². The van der Waals surface area contributed by atoms with Crippen LogP contribution in [0.25, 0.3) is 0 Å². The summed E-state index contributed by atoms with van der Waals surface area (Å²) in [5, 5.41) is 15.9. The molecule has 1 fully saturated rings. The predicted octanol–water partition coefficient (Wildman–Crippen LogP) is 1.36. The number of piperidine rings is 1. The Labute approximate surface area is 118 Å². The van der Waals surface area contributed by atoms with Gasteiger partial charge in [-0.05, 0) is 49.5 Å². The molecule has 0 bridgehead atoms. The van der Waals surface area contributed by atoms with Gasteiger partial charge in [0.1, 0.15) is 5.82 Å². The minimum atomic E-state index is -0.799. The molecule has 5 heteroatoms. The maximum Gasteiger partial charge on any atom is 0.220 e. The summed E-state index contributed by atoms with van der Waals surface area (Å²) in [6.45, 7) is 2.10. The van der Waals surface area contributed by atoms with Gasteiger partial charge in [-0.2, -0.15) is 0 Å². The summed E-state index contributed by atoms with van der Waals surface area (Å²) in [5.74, 6) is 0.0631. The molecule has 3 N–H and O–H groups in total. The van der Waals surface area contributed by atoms with Crippen LogP contribution in [0.2, 0.25) is 0 Å². The molecule has 1 heterocycles. The highest BCUT2D eigenvalue weighted by atomic mass is 19.1. The van der Waals surface area contributed by atoms with E-state index in [0.717, 1.165) is 25.9 Å². The van der Waals surface area contributed by atoms with E-state index in [4.69, 9.17) is 0 Å². The van der Waals surface area contributed by atoms with Gasteiger partial charge < -0.3 is 15.7 Å². The molecule has 0 spiro atoms. The van der Waals surface area contributed by atoms with Crippen LogP contribution < -0.4 is 10.6 Å². The zero-order valence-electron chi connectivity index (χ0n) is 11.4. The molecule has 0 aliphatic carbocycles. The van der Waals surface area contributed by atoms with Crippen LogP contribution >= 0.6 is 0 Å². The number of hydrogen-bond acceptors (Lipinski definition) is 3. The number of carbonyl (C=O) groups is 1. The molecule has 110 valence electrons. The summed E-state index contributed by atoms with van der Waals surface area (Å²) in [4.78, 5) is 11.8. The van der Waals surface area contributed by atoms with Crippen molar-refractivity contribution in [3.8, 4) is 0 Å². The molecular formula is C15H21FN2O2. The van der Waals surface area contributed by atoms with Crippen LogP contribution in [0.1, 0.15) is 30.9 Å². The second-order valence-corrected chi connectivity index (χ2v) is 5.27. The Bertz CT molecular complexity index is 430. The van der Waals surface area contributed by atoms with Gasteiger partial charge >= 0.3 is 0 Å². The number of amides is 1. The lowest BCUT2D eigenvalue weighted by Gasteiger charge is -2.22. The molecule has 1 atom stereocenters. The smallest absolute Gasteiger partial charge is 0.220 e. The van der Waals surface area contributed by atoms with E-state index in [9.17, 15) is 14.3 Å². The average Bonchev–Trinajstić information content (AvgIpc) is 2.46. The van der Waals surface area contributed by atoms with Gasteiger partial charge in [-0.25, -0.2) is 4.39 Å². The van der Waals surface area contributed by atoms with Crippen molar-refractivity contribution in [2.24, 2.45) is 5.92 Å². The molecule has 2 rings (SSSR count). The van der Waals surface area contributed by atoms with Crippen LogP contribution in [-0.4, -0.2) is 30.6 Å². The molecule has 0 radical (unpaired) electrons. The van der Waals surface area contributed by atoms with Crippen molar-refractivity contribution in [1.82, 2.24) is 10.6 Å². The van der Waals surface area contributed by atoms with E-state index < -0.39 is 6.10 Å². The van der Waals surface area contributed by atoms with Crippen LogP contribution in [0.3, 0.4) is 0 Å². The number of rotatable bonds is 5. The first kappa shape index (κ1) is 14.9. The van der Waals surface area contributed by atoms with E-state index in [1.807, 2.05) is 0 Å². The van der Waals surface area contributed by atoms with Crippen LogP contribution in [0, 0.1) is 11.7 Å². The van der Waals surface area contributed by atoms with Crippen LogP contribution in [0.15, 0.2) is 24.3 Å². The number of carbonyl (C=O) groups excluding carboxylic acids is 1. The normalized spacial score (nSPS) is 17.7. The maximum absolute atomic E-state index is 12.8. The quantitative estimate of drug-likeness (QED) is 0.763. The monoisotopic (exact) mass is 280 g/mol. The lowest BCUT2D eigenvalue weighted by molar-refractivity contribution is -0.122. The molecular weight excluding hydrogens is 259 g/mol. The molecule has 4 nitrogen and oxygen atoms in total. The first-order chi connectivity index (χ1) is 9.65. The molecule has 20 heavy (non-hydrogen) atoms. The standard InChI is InChI=1S/C15H21FN2O2/c16-13-3-1-12(2-4-13)14(19)10-18-15(20)9-11-5-7-17-8-6-11/h1-4,11,14,17,19H,5-10H2,(H,18,20). The van der Waals surface area contributed by atoms with Crippen LogP contribution in [0.5, 0.6) is 0 Å². The second kappa shape index (κ2) is 7.36. The first-order valence-electron chi connectivity index (χ1n) is 7.06. The van der Waals surface area contributed by atoms with Gasteiger partial charge in [0, 0.05) is 13.0 Å². The van der Waals surface area contributed by atoms with Crippen molar-refractivity contribution in [3.05, 3.63) is 35.6 Å². The Morgan fingerprint density at radius 3 is 2.65 bits per heavy atom. The van der Waals surface area contributed by atoms with E-state index >= 15 is 0 Å². The Hall–Kier alpha value is -1.46. The van der Waals surface area contributed by atoms with Gasteiger partial charge in [0.25, 0.3) is 0 Å². The maximum atomic E-state index is 12.8. The highest BCUT2D eigenvalue weighted by Crippen LogP contribution is 2.16. The molecule has 1 saturated heterocycles. The highest BCUT2D eigenvalue weighted by Gasteiger charge is 2.17. The van der Waals surface area contributed by atoms with Crippen molar-refractivity contribution in [2.75, 3.05) is 19.6 Å². The van der Waals surface area contributed by atoms with Gasteiger partial charge in [0.2, 0.25) is 5.91 Å². The molecule has 1 aromatic carbocycles. The summed E-state index contributed by atoms with van der Waals surface area (Å²) < 4.78 is 12.8. The van der Waals surface area contributed by atoms with E-state index in [2.05, 4.69) is 10.6 Å². The molecule has 0 saturated carbocycles. The van der Waals surface area contributed by atoms with Gasteiger partial charge in [0.15, 0.2) is 0 Å². The zero-order valence-corrected chi connectivity index (χ0v) is 11.4. The van der Waals surface area contributed by atoms with E-state index in [1.54, 1.807) is 0 Å². The van der Waals surface area contributed by atoms with Crippen LogP contribution in [-0.2, 0) is 4.79 Å². The lowest BCUT2D eigenvalue weighted by atomic mass is 9.94. The lowest BCUT2D eigenvalue weighted by Crippen LogP contribution is -2.33. The summed E-state index contributed by atoms with van der Waals surface area (Å²) in [5.41, 5.74) is 0.605. The van der Waals surface area contributed by atoms with Gasteiger partial charge in [-0.15, -0.1) is 0 Å². The summed E-state index contributed by atoms with van der Waals surface area (Å²) in [6, 6.07) is 5.66. The highest BCUT2D eigenvalue weighted by molar-refractivity contribution is 5.76. The van der Waals surface area contributed by atoms with E-state index in [-0.39, 0.29) is 18.3 Å². The van der Waals surface area contributed by atoms with Gasteiger partial charge in [-0.1, -0.05) is 12.1 Å². The predicted molar refractivity (Wildman–Crippen MR) is 74.6 cm³/mol. The van der Waals surface area contributed by atoms with Crippen LogP contribution in [0.4, 0.5) is 4.39 Å². The third-order valence-corrected chi connectivity index (χ3v) is 3.68. The number of aliphatic hydroxyl groups excluding tert-OH is 1. The third kappa shape index (κ3) is 4.58. The SMILES string of the molecule is O=C(CC1CCNCC1)NCC(O)c1ccc(F)cc1. The molecule has 1 amide bonds.